The summed E-state index contributed by atoms with van der Waals surface area (Å²) in [5.41, 5.74) is 0.625. The lowest BCUT2D eigenvalue weighted by Crippen LogP contribution is -2.54. The molecular weight excluding hydrogens is 390 g/mol. The summed E-state index contributed by atoms with van der Waals surface area (Å²) in [6.45, 7) is 6.56. The van der Waals surface area contributed by atoms with Crippen LogP contribution in [-0.4, -0.2) is 59.8 Å². The van der Waals surface area contributed by atoms with Crippen molar-refractivity contribution in [2.75, 3.05) is 32.2 Å². The number of nitrogens with zero attached hydrogens (tertiary/aromatic N) is 1. The zero-order valence-electron chi connectivity index (χ0n) is 17.0. The summed E-state index contributed by atoms with van der Waals surface area (Å²) in [5.74, 6) is 2.69. The van der Waals surface area contributed by atoms with Crippen LogP contribution in [0.15, 0.2) is 18.2 Å². The van der Waals surface area contributed by atoms with Crippen LogP contribution >= 0.6 is 11.8 Å². The van der Waals surface area contributed by atoms with Crippen molar-refractivity contribution in [1.82, 2.24) is 15.5 Å². The van der Waals surface area contributed by atoms with Crippen LogP contribution in [-0.2, 0) is 4.79 Å². The van der Waals surface area contributed by atoms with E-state index in [9.17, 15) is 9.59 Å². The lowest BCUT2D eigenvalue weighted by molar-refractivity contribution is -0.122. The van der Waals surface area contributed by atoms with Gasteiger partial charge in [-0.15, -0.1) is 11.8 Å². The van der Waals surface area contributed by atoms with Crippen LogP contribution < -0.4 is 20.1 Å². The van der Waals surface area contributed by atoms with E-state index >= 15 is 0 Å². The molecule has 0 radical (unpaired) electrons. The number of amides is 2. The first-order valence-electron chi connectivity index (χ1n) is 10.4. The number of fused-ring (bicyclic) bond motifs is 1. The summed E-state index contributed by atoms with van der Waals surface area (Å²) in [7, 11) is 0. The molecule has 3 heterocycles. The molecule has 2 atom stereocenters. The highest BCUT2D eigenvalue weighted by molar-refractivity contribution is 8.01. The van der Waals surface area contributed by atoms with Crippen LogP contribution in [0.2, 0.25) is 0 Å². The highest BCUT2D eigenvalue weighted by Gasteiger charge is 2.44. The monoisotopic (exact) mass is 419 g/mol. The van der Waals surface area contributed by atoms with Gasteiger partial charge in [0.2, 0.25) is 12.7 Å². The van der Waals surface area contributed by atoms with Crippen LogP contribution in [0.5, 0.6) is 11.5 Å². The van der Waals surface area contributed by atoms with E-state index in [4.69, 9.17) is 9.47 Å². The molecule has 1 aromatic rings. The van der Waals surface area contributed by atoms with Crippen molar-refractivity contribution in [2.45, 2.75) is 44.0 Å². The number of rotatable bonds is 5. The van der Waals surface area contributed by atoms with Crippen molar-refractivity contribution in [1.29, 1.82) is 0 Å². The molecule has 4 rings (SSSR count). The van der Waals surface area contributed by atoms with Crippen LogP contribution in [0.25, 0.3) is 0 Å². The highest BCUT2D eigenvalue weighted by Crippen LogP contribution is 2.40. The lowest BCUT2D eigenvalue weighted by atomic mass is 10.0. The normalized spacial score (nSPS) is 23.2. The molecule has 0 aliphatic carbocycles. The standard InChI is InChI=1S/C21H29N3O4S/c1-3-14(2)11-22-19(25)16-12-29-21(23-16)6-8-24(9-7-21)20(26)15-4-5-17-18(10-15)28-13-27-17/h4-5,10,14,16,23H,3,6-9,11-13H2,1-2H3,(H,22,25). The van der Waals surface area contributed by atoms with Crippen molar-refractivity contribution >= 4 is 23.6 Å². The number of likely N-dealkylation sites (tertiary alicyclic amines) is 1. The van der Waals surface area contributed by atoms with Gasteiger partial charge >= 0.3 is 0 Å². The molecule has 0 bridgehead atoms. The summed E-state index contributed by atoms with van der Waals surface area (Å²) in [6, 6.07) is 5.19. The molecule has 2 N–H and O–H groups in total. The van der Waals surface area contributed by atoms with E-state index in [1.54, 1.807) is 18.2 Å². The Balaban J connectivity index is 1.30. The van der Waals surface area contributed by atoms with E-state index in [0.717, 1.165) is 31.6 Å². The minimum absolute atomic E-state index is 0.0176. The first-order valence-corrected chi connectivity index (χ1v) is 11.4. The van der Waals surface area contributed by atoms with Crippen molar-refractivity contribution in [2.24, 2.45) is 5.92 Å². The summed E-state index contributed by atoms with van der Waals surface area (Å²) in [6.07, 6.45) is 2.73. The summed E-state index contributed by atoms with van der Waals surface area (Å²) >= 11 is 1.82. The van der Waals surface area contributed by atoms with Gasteiger partial charge in [-0.1, -0.05) is 20.3 Å². The van der Waals surface area contributed by atoms with Crippen LogP contribution in [0.1, 0.15) is 43.5 Å². The highest BCUT2D eigenvalue weighted by atomic mass is 32.2. The molecule has 2 fully saturated rings. The van der Waals surface area contributed by atoms with Crippen LogP contribution in [0.4, 0.5) is 0 Å². The number of carbonyl (C=O) groups is 2. The Morgan fingerprint density at radius 3 is 2.83 bits per heavy atom. The van der Waals surface area contributed by atoms with Gasteiger partial charge in [0.1, 0.15) is 0 Å². The molecular formula is C21H29N3O4S. The molecule has 2 unspecified atom stereocenters. The van der Waals surface area contributed by atoms with Crippen LogP contribution in [0.3, 0.4) is 0 Å². The van der Waals surface area contributed by atoms with Gasteiger partial charge in [0.25, 0.3) is 5.91 Å². The molecule has 1 spiro atoms. The Bertz CT molecular complexity index is 779. The average Bonchev–Trinajstić information content (AvgIpc) is 3.38. The maximum Gasteiger partial charge on any atom is 0.253 e. The Morgan fingerprint density at radius 2 is 2.07 bits per heavy atom. The van der Waals surface area contributed by atoms with Crippen molar-refractivity contribution in [3.63, 3.8) is 0 Å². The van der Waals surface area contributed by atoms with E-state index in [1.807, 2.05) is 16.7 Å². The second kappa shape index (κ2) is 8.44. The fourth-order valence-corrected chi connectivity index (χ4v) is 5.32. The minimum atomic E-state index is -0.153. The lowest BCUT2D eigenvalue weighted by Gasteiger charge is -2.39. The molecule has 158 valence electrons. The Morgan fingerprint density at radius 1 is 1.31 bits per heavy atom. The zero-order valence-corrected chi connectivity index (χ0v) is 17.8. The van der Waals surface area contributed by atoms with Crippen molar-refractivity contribution in [3.8, 4) is 11.5 Å². The van der Waals surface area contributed by atoms with Crippen LogP contribution in [0, 0.1) is 5.92 Å². The molecule has 2 amide bonds. The second-order valence-corrected chi connectivity index (χ2v) is 9.52. The first-order chi connectivity index (χ1) is 14.0. The number of thioether (sulfide) groups is 1. The van der Waals surface area contributed by atoms with Gasteiger partial charge in [0.05, 0.1) is 10.9 Å². The zero-order chi connectivity index (χ0) is 20.4. The van der Waals surface area contributed by atoms with Gasteiger partial charge in [-0.3, -0.25) is 14.9 Å². The fraction of sp³-hybridized carbons (Fsp3) is 0.619. The van der Waals surface area contributed by atoms with Gasteiger partial charge in [0.15, 0.2) is 11.5 Å². The molecule has 8 heteroatoms. The molecule has 3 aliphatic rings. The third kappa shape index (κ3) is 4.33. The van der Waals surface area contributed by atoms with Gasteiger partial charge in [0, 0.05) is 31.0 Å². The number of carbonyl (C=O) groups excluding carboxylic acids is 2. The van der Waals surface area contributed by atoms with E-state index < -0.39 is 0 Å². The number of hydrogen-bond acceptors (Lipinski definition) is 6. The smallest absolute Gasteiger partial charge is 0.253 e. The van der Waals surface area contributed by atoms with E-state index in [-0.39, 0.29) is 29.5 Å². The third-order valence-corrected chi connectivity index (χ3v) is 7.66. The summed E-state index contributed by atoms with van der Waals surface area (Å²) < 4.78 is 10.7. The van der Waals surface area contributed by atoms with E-state index in [2.05, 4.69) is 24.5 Å². The van der Waals surface area contributed by atoms with Gasteiger partial charge < -0.3 is 19.7 Å². The van der Waals surface area contributed by atoms with Gasteiger partial charge in [-0.05, 0) is 37.0 Å². The Kier molecular flexibility index (Phi) is 5.92. The maximum absolute atomic E-state index is 12.9. The number of hydrogen-bond donors (Lipinski definition) is 2. The molecule has 2 saturated heterocycles. The predicted octanol–water partition coefficient (Wildman–Crippen LogP) is 2.21. The van der Waals surface area contributed by atoms with Crippen molar-refractivity contribution in [3.05, 3.63) is 23.8 Å². The van der Waals surface area contributed by atoms with E-state index in [0.29, 0.717) is 36.1 Å². The van der Waals surface area contributed by atoms with Gasteiger partial charge in [-0.2, -0.15) is 0 Å². The molecule has 29 heavy (non-hydrogen) atoms. The Labute approximate surface area is 175 Å². The Hall–Kier alpha value is -1.93. The minimum Gasteiger partial charge on any atom is -0.454 e. The summed E-state index contributed by atoms with van der Waals surface area (Å²) in [4.78, 5) is 27.1. The SMILES string of the molecule is CCC(C)CNC(=O)C1CSC2(CCN(C(=O)c3ccc4c(c3)OCO4)CC2)N1. The van der Waals surface area contributed by atoms with E-state index in [1.165, 1.54) is 0 Å². The predicted molar refractivity (Wildman–Crippen MR) is 112 cm³/mol. The maximum atomic E-state index is 12.9. The average molecular weight is 420 g/mol. The summed E-state index contributed by atoms with van der Waals surface area (Å²) in [5, 5.41) is 6.62. The molecule has 7 nitrogen and oxygen atoms in total. The topological polar surface area (TPSA) is 79.9 Å². The van der Waals surface area contributed by atoms with Gasteiger partial charge in [-0.25, -0.2) is 0 Å². The largest absolute Gasteiger partial charge is 0.454 e. The number of nitrogens with one attached hydrogen (secondary N) is 2. The molecule has 3 aliphatic heterocycles. The third-order valence-electron chi connectivity index (χ3n) is 6.08. The quantitative estimate of drug-likeness (QED) is 0.762. The second-order valence-electron chi connectivity index (χ2n) is 8.12. The molecule has 1 aromatic carbocycles. The molecule has 0 saturated carbocycles. The first kappa shape index (κ1) is 20.3. The number of benzene rings is 1. The number of ether oxygens (including phenoxy) is 2. The number of piperidine rings is 1. The van der Waals surface area contributed by atoms with Crippen molar-refractivity contribution < 1.29 is 19.1 Å². The fourth-order valence-electron chi connectivity index (χ4n) is 3.90. The molecule has 0 aromatic heterocycles.